The fourth-order valence-electron chi connectivity index (χ4n) is 1.47. The summed E-state index contributed by atoms with van der Waals surface area (Å²) >= 11 is 6.91. The molecular weight excluding hydrogens is 529 g/mol. The SMILES string of the molecule is O=Cc1cc(I)c2c(I)cc(I)cc2c1. The van der Waals surface area contributed by atoms with Crippen LogP contribution in [0.15, 0.2) is 24.3 Å². The smallest absolute Gasteiger partial charge is 0.150 e. The predicted octanol–water partition coefficient (Wildman–Crippen LogP) is 4.47. The van der Waals surface area contributed by atoms with Gasteiger partial charge >= 0.3 is 0 Å². The molecule has 0 bridgehead atoms. The number of hydrogen-bond acceptors (Lipinski definition) is 1. The third-order valence-corrected chi connectivity index (χ3v) is 4.40. The second kappa shape index (κ2) is 4.82. The van der Waals surface area contributed by atoms with Crippen molar-refractivity contribution in [1.82, 2.24) is 0 Å². The second-order valence-corrected chi connectivity index (χ2v) is 6.68. The summed E-state index contributed by atoms with van der Waals surface area (Å²) in [6, 6.07) is 8.11. The molecule has 0 aliphatic carbocycles. The van der Waals surface area contributed by atoms with Gasteiger partial charge in [-0.1, -0.05) is 0 Å². The Morgan fingerprint density at radius 1 is 0.933 bits per heavy atom. The quantitative estimate of drug-likeness (QED) is 0.391. The zero-order valence-electron chi connectivity index (χ0n) is 7.43. The van der Waals surface area contributed by atoms with Crippen LogP contribution in [0.25, 0.3) is 10.8 Å². The topological polar surface area (TPSA) is 17.1 Å². The molecule has 2 rings (SSSR count). The maximum atomic E-state index is 10.8. The van der Waals surface area contributed by atoms with E-state index < -0.39 is 0 Å². The van der Waals surface area contributed by atoms with Crippen LogP contribution in [0.2, 0.25) is 0 Å². The highest BCUT2D eigenvalue weighted by atomic mass is 127. The fraction of sp³-hybridized carbons (Fsp3) is 0. The predicted molar refractivity (Wildman–Crippen MR) is 87.5 cm³/mol. The van der Waals surface area contributed by atoms with Crippen LogP contribution < -0.4 is 0 Å². The van der Waals surface area contributed by atoms with E-state index in [9.17, 15) is 4.79 Å². The van der Waals surface area contributed by atoms with Gasteiger partial charge in [0.2, 0.25) is 0 Å². The highest BCUT2D eigenvalue weighted by molar-refractivity contribution is 14.1. The third kappa shape index (κ3) is 2.46. The Morgan fingerprint density at radius 3 is 2.27 bits per heavy atom. The zero-order valence-corrected chi connectivity index (χ0v) is 13.9. The van der Waals surface area contributed by atoms with E-state index in [0.29, 0.717) is 0 Å². The normalized spacial score (nSPS) is 10.6. The van der Waals surface area contributed by atoms with E-state index in [-0.39, 0.29) is 0 Å². The number of aldehydes is 1. The molecule has 0 aliphatic heterocycles. The van der Waals surface area contributed by atoms with Gasteiger partial charge in [-0.15, -0.1) is 0 Å². The summed E-state index contributed by atoms with van der Waals surface area (Å²) in [6.07, 6.45) is 0.897. The van der Waals surface area contributed by atoms with Crippen LogP contribution >= 0.6 is 67.8 Å². The fourth-order valence-corrected chi connectivity index (χ4v) is 5.12. The van der Waals surface area contributed by atoms with Crippen LogP contribution in [0.1, 0.15) is 10.4 Å². The Kier molecular flexibility index (Phi) is 3.87. The van der Waals surface area contributed by atoms with E-state index in [2.05, 4.69) is 79.9 Å². The van der Waals surface area contributed by atoms with Gasteiger partial charge in [0, 0.05) is 21.7 Å². The summed E-state index contributed by atoms with van der Waals surface area (Å²) < 4.78 is 3.56. The first-order chi connectivity index (χ1) is 7.11. The lowest BCUT2D eigenvalue weighted by Gasteiger charge is -2.05. The van der Waals surface area contributed by atoms with Crippen LogP contribution in [-0.2, 0) is 0 Å². The van der Waals surface area contributed by atoms with E-state index in [1.807, 2.05) is 12.1 Å². The van der Waals surface area contributed by atoms with Gasteiger partial charge in [-0.2, -0.15) is 0 Å². The van der Waals surface area contributed by atoms with Crippen molar-refractivity contribution < 1.29 is 4.79 Å². The zero-order chi connectivity index (χ0) is 11.0. The molecule has 0 unspecified atom stereocenters. The lowest BCUT2D eigenvalue weighted by atomic mass is 10.1. The Hall–Kier alpha value is 0.560. The van der Waals surface area contributed by atoms with E-state index in [1.165, 1.54) is 12.5 Å². The standard InChI is InChI=1S/C11H5I3O/c12-8-3-7-1-6(5-15)2-9(13)11(7)10(14)4-8/h1-5H. The van der Waals surface area contributed by atoms with Gasteiger partial charge in [0.05, 0.1) is 0 Å². The Balaban J connectivity index is 2.91. The molecule has 0 atom stereocenters. The van der Waals surface area contributed by atoms with Crippen molar-refractivity contribution in [3.8, 4) is 0 Å². The molecule has 0 N–H and O–H groups in total. The molecule has 2 aromatic rings. The summed E-state index contributed by atoms with van der Waals surface area (Å²) in [5.74, 6) is 0. The van der Waals surface area contributed by atoms with Crippen molar-refractivity contribution in [3.05, 3.63) is 40.5 Å². The summed E-state index contributed by atoms with van der Waals surface area (Å²) in [4.78, 5) is 10.8. The molecule has 0 saturated heterocycles. The molecule has 1 nitrogen and oxygen atoms in total. The minimum atomic E-state index is 0.740. The molecule has 0 radical (unpaired) electrons. The first-order valence-corrected chi connectivity index (χ1v) is 7.39. The molecule has 76 valence electrons. The first-order valence-electron chi connectivity index (χ1n) is 4.15. The lowest BCUT2D eigenvalue weighted by molar-refractivity contribution is 0.112. The largest absolute Gasteiger partial charge is 0.298 e. The molecule has 2 aromatic carbocycles. The van der Waals surface area contributed by atoms with Crippen LogP contribution in [0.4, 0.5) is 0 Å². The van der Waals surface area contributed by atoms with Crippen molar-refractivity contribution in [2.24, 2.45) is 0 Å². The van der Waals surface area contributed by atoms with E-state index in [4.69, 9.17) is 0 Å². The molecule has 0 saturated carbocycles. The number of hydrogen-bond donors (Lipinski definition) is 0. The molecule has 4 heteroatoms. The highest BCUT2D eigenvalue weighted by Gasteiger charge is 2.06. The van der Waals surface area contributed by atoms with Crippen molar-refractivity contribution in [1.29, 1.82) is 0 Å². The molecule has 0 amide bonds. The van der Waals surface area contributed by atoms with E-state index in [1.54, 1.807) is 0 Å². The number of benzene rings is 2. The molecule has 0 fully saturated rings. The third-order valence-electron chi connectivity index (χ3n) is 2.08. The summed E-state index contributed by atoms with van der Waals surface area (Å²) in [5.41, 5.74) is 0.740. The maximum absolute atomic E-state index is 10.8. The van der Waals surface area contributed by atoms with Gasteiger partial charge in [0.15, 0.2) is 0 Å². The number of fused-ring (bicyclic) bond motifs is 1. The average Bonchev–Trinajstić information content (AvgIpc) is 2.15. The number of carbonyl (C=O) groups excluding carboxylic acids is 1. The Labute approximate surface area is 128 Å². The molecule has 15 heavy (non-hydrogen) atoms. The number of rotatable bonds is 1. The van der Waals surface area contributed by atoms with Crippen molar-refractivity contribution >= 4 is 84.8 Å². The molecule has 0 heterocycles. The van der Waals surface area contributed by atoms with Crippen LogP contribution in [0.3, 0.4) is 0 Å². The lowest BCUT2D eigenvalue weighted by Crippen LogP contribution is -1.88. The van der Waals surface area contributed by atoms with Crippen LogP contribution in [0.5, 0.6) is 0 Å². The number of halogens is 3. The second-order valence-electron chi connectivity index (χ2n) is 3.11. The van der Waals surface area contributed by atoms with Crippen LogP contribution in [0, 0.1) is 10.7 Å². The van der Waals surface area contributed by atoms with Crippen molar-refractivity contribution in [2.75, 3.05) is 0 Å². The summed E-state index contributed by atoms with van der Waals surface area (Å²) in [7, 11) is 0. The van der Waals surface area contributed by atoms with E-state index in [0.717, 1.165) is 20.8 Å². The van der Waals surface area contributed by atoms with Crippen LogP contribution in [-0.4, -0.2) is 6.29 Å². The molecule has 0 aromatic heterocycles. The molecule has 0 aliphatic rings. The minimum Gasteiger partial charge on any atom is -0.298 e. The van der Waals surface area contributed by atoms with Gasteiger partial charge in [-0.05, 0) is 97.4 Å². The van der Waals surface area contributed by atoms with Gasteiger partial charge in [-0.3, -0.25) is 4.79 Å². The van der Waals surface area contributed by atoms with Crippen molar-refractivity contribution in [3.63, 3.8) is 0 Å². The Bertz CT molecular complexity index is 549. The molecular formula is C11H5I3O. The van der Waals surface area contributed by atoms with E-state index >= 15 is 0 Å². The number of carbonyl (C=O) groups is 1. The first kappa shape index (κ1) is 12.0. The molecule has 0 spiro atoms. The van der Waals surface area contributed by atoms with Gasteiger partial charge in [0.25, 0.3) is 0 Å². The van der Waals surface area contributed by atoms with Gasteiger partial charge in [0.1, 0.15) is 6.29 Å². The maximum Gasteiger partial charge on any atom is 0.150 e. The van der Waals surface area contributed by atoms with Gasteiger partial charge < -0.3 is 0 Å². The average molecular weight is 534 g/mol. The highest BCUT2D eigenvalue weighted by Crippen LogP contribution is 2.28. The monoisotopic (exact) mass is 534 g/mol. The summed E-state index contributed by atoms with van der Waals surface area (Å²) in [5, 5.41) is 2.38. The summed E-state index contributed by atoms with van der Waals surface area (Å²) in [6.45, 7) is 0. The van der Waals surface area contributed by atoms with Crippen molar-refractivity contribution in [2.45, 2.75) is 0 Å². The van der Waals surface area contributed by atoms with Gasteiger partial charge in [-0.25, -0.2) is 0 Å². The Morgan fingerprint density at radius 2 is 1.60 bits per heavy atom. The minimum absolute atomic E-state index is 0.740.